The molecule has 2 heterocycles. The standard InChI is InChI=1S/C17H20ClN3O2/c1-10-8-14-15(11(2)23-10)19-20-16(14)17(22)21(3)9-12-4-6-13(18)7-5-12/h4-7,10-11H,8-9H2,1-3H3,(H,19,20)/t10-,11+/m1/s1. The maximum atomic E-state index is 12.7. The van der Waals surface area contributed by atoms with Gasteiger partial charge in [-0.2, -0.15) is 5.10 Å². The Hall–Kier alpha value is -1.85. The van der Waals surface area contributed by atoms with E-state index in [1.54, 1.807) is 11.9 Å². The van der Waals surface area contributed by atoms with Crippen LogP contribution in [0.1, 0.15) is 47.3 Å². The molecule has 1 aromatic carbocycles. The van der Waals surface area contributed by atoms with Gasteiger partial charge in [-0.1, -0.05) is 23.7 Å². The fourth-order valence-corrected chi connectivity index (χ4v) is 3.09. The van der Waals surface area contributed by atoms with Crippen LogP contribution in [-0.4, -0.2) is 34.2 Å². The van der Waals surface area contributed by atoms with E-state index >= 15 is 0 Å². The second kappa shape index (κ2) is 6.34. The third-order valence-electron chi connectivity index (χ3n) is 4.12. The van der Waals surface area contributed by atoms with Gasteiger partial charge in [0.05, 0.1) is 17.9 Å². The lowest BCUT2D eigenvalue weighted by molar-refractivity contribution is -0.00701. The first-order chi connectivity index (χ1) is 11.0. The van der Waals surface area contributed by atoms with Gasteiger partial charge in [0.1, 0.15) is 0 Å². The maximum Gasteiger partial charge on any atom is 0.274 e. The lowest BCUT2D eigenvalue weighted by Crippen LogP contribution is -2.29. The lowest BCUT2D eigenvalue weighted by Gasteiger charge is -2.25. The predicted molar refractivity (Wildman–Crippen MR) is 88.5 cm³/mol. The molecule has 2 aromatic rings. The van der Waals surface area contributed by atoms with Crippen LogP contribution >= 0.6 is 11.6 Å². The second-order valence-electron chi connectivity index (χ2n) is 6.05. The highest BCUT2D eigenvalue weighted by Gasteiger charge is 2.30. The highest BCUT2D eigenvalue weighted by atomic mass is 35.5. The van der Waals surface area contributed by atoms with Crippen molar-refractivity contribution in [1.82, 2.24) is 15.1 Å². The number of ether oxygens (including phenoxy) is 1. The molecule has 0 aliphatic carbocycles. The van der Waals surface area contributed by atoms with E-state index in [0.29, 0.717) is 23.7 Å². The van der Waals surface area contributed by atoms with Gasteiger partial charge in [0.15, 0.2) is 5.69 Å². The lowest BCUT2D eigenvalue weighted by atomic mass is 9.99. The molecular weight excluding hydrogens is 314 g/mol. The van der Waals surface area contributed by atoms with Gasteiger partial charge in [0, 0.05) is 30.6 Å². The summed E-state index contributed by atoms with van der Waals surface area (Å²) in [6, 6.07) is 7.49. The van der Waals surface area contributed by atoms with Gasteiger partial charge in [0.25, 0.3) is 5.91 Å². The number of aromatic amines is 1. The molecule has 2 atom stereocenters. The molecule has 0 unspecified atom stereocenters. The molecule has 122 valence electrons. The van der Waals surface area contributed by atoms with Gasteiger partial charge in [0.2, 0.25) is 0 Å². The minimum atomic E-state index is -0.0845. The summed E-state index contributed by atoms with van der Waals surface area (Å²) < 4.78 is 5.76. The van der Waals surface area contributed by atoms with Crippen molar-refractivity contribution in [3.63, 3.8) is 0 Å². The number of fused-ring (bicyclic) bond motifs is 1. The number of hydrogen-bond acceptors (Lipinski definition) is 3. The van der Waals surface area contributed by atoms with Crippen LogP contribution < -0.4 is 0 Å². The van der Waals surface area contributed by atoms with Crippen LogP contribution in [0.2, 0.25) is 5.02 Å². The summed E-state index contributed by atoms with van der Waals surface area (Å²) in [5, 5.41) is 7.89. The first-order valence-corrected chi connectivity index (χ1v) is 8.06. The van der Waals surface area contributed by atoms with Gasteiger partial charge < -0.3 is 9.64 Å². The molecule has 5 nitrogen and oxygen atoms in total. The van der Waals surface area contributed by atoms with Crippen molar-refractivity contribution in [3.8, 4) is 0 Å². The van der Waals surface area contributed by atoms with E-state index in [9.17, 15) is 4.79 Å². The molecular formula is C17H20ClN3O2. The van der Waals surface area contributed by atoms with Crippen LogP contribution in [-0.2, 0) is 17.7 Å². The number of rotatable bonds is 3. The van der Waals surface area contributed by atoms with E-state index in [0.717, 1.165) is 16.8 Å². The molecule has 1 aliphatic rings. The SMILES string of the molecule is C[C@@H]1Cc2c(C(=O)N(C)Cc3ccc(Cl)cc3)n[nH]c2[C@H](C)O1. The number of carbonyl (C=O) groups is 1. The van der Waals surface area contributed by atoms with Crippen molar-refractivity contribution in [2.45, 2.75) is 39.0 Å². The van der Waals surface area contributed by atoms with E-state index in [1.165, 1.54) is 0 Å². The highest BCUT2D eigenvalue weighted by molar-refractivity contribution is 6.30. The van der Waals surface area contributed by atoms with Crippen molar-refractivity contribution in [2.75, 3.05) is 7.05 Å². The third-order valence-corrected chi connectivity index (χ3v) is 4.37. The Bertz CT molecular complexity index is 711. The number of nitrogens with one attached hydrogen (secondary N) is 1. The minimum Gasteiger partial charge on any atom is -0.369 e. The van der Waals surface area contributed by atoms with Crippen LogP contribution in [0.25, 0.3) is 0 Å². The predicted octanol–water partition coefficient (Wildman–Crippen LogP) is 3.36. The quantitative estimate of drug-likeness (QED) is 0.937. The van der Waals surface area contributed by atoms with Crippen molar-refractivity contribution in [2.24, 2.45) is 0 Å². The van der Waals surface area contributed by atoms with Crippen LogP contribution in [0.5, 0.6) is 0 Å². The van der Waals surface area contributed by atoms with E-state index in [-0.39, 0.29) is 18.1 Å². The zero-order chi connectivity index (χ0) is 16.6. The molecule has 1 aromatic heterocycles. The Morgan fingerprint density at radius 3 is 2.78 bits per heavy atom. The van der Waals surface area contributed by atoms with Gasteiger partial charge in [-0.05, 0) is 31.5 Å². The number of carbonyl (C=O) groups excluding carboxylic acids is 1. The number of H-pyrrole nitrogens is 1. The molecule has 0 spiro atoms. The Morgan fingerprint density at radius 2 is 2.09 bits per heavy atom. The van der Waals surface area contributed by atoms with Gasteiger partial charge in [-0.3, -0.25) is 9.89 Å². The molecule has 0 bridgehead atoms. The summed E-state index contributed by atoms with van der Waals surface area (Å²) >= 11 is 5.89. The van der Waals surface area contributed by atoms with Crippen LogP contribution in [0.15, 0.2) is 24.3 Å². The summed E-state index contributed by atoms with van der Waals surface area (Å²) in [7, 11) is 1.78. The molecule has 0 saturated carbocycles. The van der Waals surface area contributed by atoms with Crippen molar-refractivity contribution in [1.29, 1.82) is 0 Å². The first-order valence-electron chi connectivity index (χ1n) is 7.68. The van der Waals surface area contributed by atoms with Crippen molar-refractivity contribution in [3.05, 3.63) is 51.8 Å². The average Bonchev–Trinajstić information content (AvgIpc) is 2.92. The minimum absolute atomic E-state index is 0.0654. The number of halogens is 1. The van der Waals surface area contributed by atoms with Gasteiger partial charge >= 0.3 is 0 Å². The Morgan fingerprint density at radius 1 is 1.39 bits per heavy atom. The van der Waals surface area contributed by atoms with E-state index in [1.807, 2.05) is 38.1 Å². The highest BCUT2D eigenvalue weighted by Crippen LogP contribution is 2.30. The van der Waals surface area contributed by atoms with Crippen molar-refractivity contribution >= 4 is 17.5 Å². The summed E-state index contributed by atoms with van der Waals surface area (Å²) in [6.45, 7) is 4.50. The van der Waals surface area contributed by atoms with Crippen LogP contribution in [0.3, 0.4) is 0 Å². The Labute approximate surface area is 140 Å². The summed E-state index contributed by atoms with van der Waals surface area (Å²) in [5.41, 5.74) is 3.41. The molecule has 1 aliphatic heterocycles. The zero-order valence-corrected chi connectivity index (χ0v) is 14.2. The maximum absolute atomic E-state index is 12.7. The molecule has 1 amide bonds. The summed E-state index contributed by atoms with van der Waals surface area (Å²) in [4.78, 5) is 14.4. The smallest absolute Gasteiger partial charge is 0.274 e. The molecule has 3 rings (SSSR count). The van der Waals surface area contributed by atoms with E-state index in [4.69, 9.17) is 16.3 Å². The molecule has 0 fully saturated rings. The summed E-state index contributed by atoms with van der Waals surface area (Å²) in [5.74, 6) is -0.0845. The molecule has 0 radical (unpaired) electrons. The number of benzene rings is 1. The van der Waals surface area contributed by atoms with E-state index < -0.39 is 0 Å². The Balaban J connectivity index is 1.79. The van der Waals surface area contributed by atoms with Gasteiger partial charge in [-0.25, -0.2) is 0 Å². The van der Waals surface area contributed by atoms with E-state index in [2.05, 4.69) is 10.2 Å². The normalized spacial score (nSPS) is 20.2. The van der Waals surface area contributed by atoms with Crippen LogP contribution in [0, 0.1) is 0 Å². The fourth-order valence-electron chi connectivity index (χ4n) is 2.97. The zero-order valence-electron chi connectivity index (χ0n) is 13.5. The monoisotopic (exact) mass is 333 g/mol. The summed E-state index contributed by atoms with van der Waals surface area (Å²) in [6.07, 6.45) is 0.721. The average molecular weight is 334 g/mol. The third kappa shape index (κ3) is 3.26. The fraction of sp³-hybridized carbons (Fsp3) is 0.412. The number of amides is 1. The number of nitrogens with zero attached hydrogens (tertiary/aromatic N) is 2. The second-order valence-corrected chi connectivity index (χ2v) is 6.48. The molecule has 1 N–H and O–H groups in total. The van der Waals surface area contributed by atoms with Crippen LogP contribution in [0.4, 0.5) is 0 Å². The van der Waals surface area contributed by atoms with Crippen molar-refractivity contribution < 1.29 is 9.53 Å². The first kappa shape index (κ1) is 16.0. The molecule has 0 saturated heterocycles. The Kier molecular flexibility index (Phi) is 4.41. The number of hydrogen-bond donors (Lipinski definition) is 1. The molecule has 6 heteroatoms. The topological polar surface area (TPSA) is 58.2 Å². The largest absolute Gasteiger partial charge is 0.369 e. The number of aromatic nitrogens is 2. The molecule has 23 heavy (non-hydrogen) atoms. The van der Waals surface area contributed by atoms with Gasteiger partial charge in [-0.15, -0.1) is 0 Å².